The van der Waals surface area contributed by atoms with Crippen LogP contribution in [0.25, 0.3) is 0 Å². The lowest BCUT2D eigenvalue weighted by Crippen LogP contribution is -2.35. The maximum atomic E-state index is 11.9. The molecule has 0 saturated carbocycles. The number of amides is 3. The quantitative estimate of drug-likeness (QED) is 0.716. The summed E-state index contributed by atoms with van der Waals surface area (Å²) in [7, 11) is 3.14. The number of rotatable bonds is 6. The van der Waals surface area contributed by atoms with Gasteiger partial charge in [0.2, 0.25) is 0 Å². The van der Waals surface area contributed by atoms with E-state index in [-0.39, 0.29) is 18.7 Å². The lowest BCUT2D eigenvalue weighted by Gasteiger charge is -2.12. The third-order valence-electron chi connectivity index (χ3n) is 4.41. The van der Waals surface area contributed by atoms with Crippen LogP contribution in [0.4, 0.5) is 15.3 Å². The molecule has 2 N–H and O–H groups in total. The number of nitrogens with zero attached hydrogens (tertiary/aromatic N) is 1. The standard InChI is InChI=1S/C22H23N3O5/c1-28-19-10-7-17(14-20(19)29-2)15-24-21(26)23-11-3-4-16-5-8-18(9-6-16)25-12-13-30-22(25)27/h5-10,14H,11-13,15H2,1-2H3,(H2,23,24,26). The number of benzene rings is 2. The molecule has 2 aromatic carbocycles. The summed E-state index contributed by atoms with van der Waals surface area (Å²) < 4.78 is 15.4. The maximum absolute atomic E-state index is 11.9. The van der Waals surface area contributed by atoms with Gasteiger partial charge in [0, 0.05) is 17.8 Å². The lowest BCUT2D eigenvalue weighted by molar-refractivity contribution is 0.181. The predicted molar refractivity (Wildman–Crippen MR) is 112 cm³/mol. The normalized spacial score (nSPS) is 12.5. The van der Waals surface area contributed by atoms with Crippen molar-refractivity contribution < 1.29 is 23.8 Å². The molecule has 0 aromatic heterocycles. The Hall–Kier alpha value is -3.86. The first-order valence-electron chi connectivity index (χ1n) is 9.36. The van der Waals surface area contributed by atoms with Crippen LogP contribution in [0.2, 0.25) is 0 Å². The number of anilines is 1. The van der Waals surface area contributed by atoms with Crippen molar-refractivity contribution in [1.82, 2.24) is 10.6 Å². The average molecular weight is 409 g/mol. The van der Waals surface area contributed by atoms with Gasteiger partial charge in [-0.25, -0.2) is 9.59 Å². The molecule has 3 rings (SSSR count). The van der Waals surface area contributed by atoms with E-state index in [2.05, 4.69) is 22.5 Å². The van der Waals surface area contributed by atoms with Crippen LogP contribution in [0.5, 0.6) is 11.5 Å². The van der Waals surface area contributed by atoms with E-state index in [1.165, 1.54) is 0 Å². The van der Waals surface area contributed by atoms with Crippen molar-refractivity contribution in [2.75, 3.05) is 38.8 Å². The maximum Gasteiger partial charge on any atom is 0.414 e. The fraction of sp³-hybridized carbons (Fsp3) is 0.273. The molecule has 8 nitrogen and oxygen atoms in total. The van der Waals surface area contributed by atoms with E-state index >= 15 is 0 Å². The Bertz CT molecular complexity index is 963. The summed E-state index contributed by atoms with van der Waals surface area (Å²) in [5.74, 6) is 7.11. The van der Waals surface area contributed by atoms with Crippen LogP contribution in [0.1, 0.15) is 11.1 Å². The molecule has 1 heterocycles. The van der Waals surface area contributed by atoms with Gasteiger partial charge < -0.3 is 24.8 Å². The molecule has 0 atom stereocenters. The molecule has 0 spiro atoms. The smallest absolute Gasteiger partial charge is 0.414 e. The van der Waals surface area contributed by atoms with Crippen LogP contribution in [0.15, 0.2) is 42.5 Å². The molecule has 1 aliphatic rings. The lowest BCUT2D eigenvalue weighted by atomic mass is 10.2. The summed E-state index contributed by atoms with van der Waals surface area (Å²) in [6.07, 6.45) is -0.336. The number of hydrogen-bond acceptors (Lipinski definition) is 5. The zero-order valence-corrected chi connectivity index (χ0v) is 16.9. The summed E-state index contributed by atoms with van der Waals surface area (Å²) >= 11 is 0. The van der Waals surface area contributed by atoms with Gasteiger partial charge in [-0.05, 0) is 42.0 Å². The third-order valence-corrected chi connectivity index (χ3v) is 4.41. The summed E-state index contributed by atoms with van der Waals surface area (Å²) in [4.78, 5) is 25.1. The van der Waals surface area contributed by atoms with Crippen molar-refractivity contribution in [3.8, 4) is 23.3 Å². The molecular formula is C22H23N3O5. The highest BCUT2D eigenvalue weighted by atomic mass is 16.6. The number of nitrogens with one attached hydrogen (secondary N) is 2. The van der Waals surface area contributed by atoms with Gasteiger partial charge in [-0.1, -0.05) is 17.9 Å². The predicted octanol–water partition coefficient (Wildman–Crippen LogP) is 2.51. The highest BCUT2D eigenvalue weighted by Crippen LogP contribution is 2.27. The summed E-state index contributed by atoms with van der Waals surface area (Å²) in [5.41, 5.74) is 2.45. The SMILES string of the molecule is COc1ccc(CNC(=O)NCC#Cc2ccc(N3CCOC3=O)cc2)cc1OC. The van der Waals surface area contributed by atoms with Gasteiger partial charge in [-0.15, -0.1) is 0 Å². The van der Waals surface area contributed by atoms with Crippen LogP contribution >= 0.6 is 0 Å². The molecule has 30 heavy (non-hydrogen) atoms. The van der Waals surface area contributed by atoms with Crippen molar-refractivity contribution >= 4 is 17.8 Å². The topological polar surface area (TPSA) is 89.1 Å². The van der Waals surface area contributed by atoms with E-state index in [1.807, 2.05) is 36.4 Å². The fourth-order valence-corrected chi connectivity index (χ4v) is 2.86. The van der Waals surface area contributed by atoms with Crippen molar-refractivity contribution in [1.29, 1.82) is 0 Å². The van der Waals surface area contributed by atoms with Crippen LogP contribution in [-0.2, 0) is 11.3 Å². The van der Waals surface area contributed by atoms with E-state index in [0.29, 0.717) is 31.2 Å². The Morgan fingerprint density at radius 3 is 2.53 bits per heavy atom. The van der Waals surface area contributed by atoms with Crippen LogP contribution in [0, 0.1) is 11.8 Å². The molecule has 156 valence electrons. The summed E-state index contributed by atoms with van der Waals surface area (Å²) in [5, 5.41) is 5.45. The molecule has 0 radical (unpaired) electrons. The first-order valence-corrected chi connectivity index (χ1v) is 9.36. The van der Waals surface area contributed by atoms with Crippen molar-refractivity contribution in [2.24, 2.45) is 0 Å². The Morgan fingerprint density at radius 1 is 1.10 bits per heavy atom. The molecular weight excluding hydrogens is 386 g/mol. The van der Waals surface area contributed by atoms with Crippen LogP contribution in [0.3, 0.4) is 0 Å². The highest BCUT2D eigenvalue weighted by molar-refractivity contribution is 5.89. The Labute approximate surface area is 175 Å². The Balaban J connectivity index is 1.44. The minimum absolute atomic E-state index is 0.206. The largest absolute Gasteiger partial charge is 0.493 e. The first-order chi connectivity index (χ1) is 14.6. The second-order valence-corrected chi connectivity index (χ2v) is 6.34. The number of hydrogen-bond donors (Lipinski definition) is 2. The van der Waals surface area contributed by atoms with Gasteiger partial charge in [-0.2, -0.15) is 0 Å². The van der Waals surface area contributed by atoms with E-state index in [1.54, 1.807) is 25.2 Å². The van der Waals surface area contributed by atoms with Crippen molar-refractivity contribution in [3.63, 3.8) is 0 Å². The minimum atomic E-state index is -0.336. The Kier molecular flexibility index (Phi) is 7.00. The average Bonchev–Trinajstić information content (AvgIpc) is 3.21. The number of cyclic esters (lactones) is 1. The molecule has 3 amide bonds. The molecule has 0 bridgehead atoms. The zero-order valence-electron chi connectivity index (χ0n) is 16.9. The number of carbonyl (C=O) groups is 2. The number of urea groups is 1. The molecule has 0 unspecified atom stereocenters. The third kappa shape index (κ3) is 5.35. The zero-order chi connectivity index (χ0) is 21.3. The minimum Gasteiger partial charge on any atom is -0.493 e. The summed E-state index contributed by atoms with van der Waals surface area (Å²) in [6, 6.07) is 12.4. The molecule has 1 fully saturated rings. The number of ether oxygens (including phenoxy) is 3. The monoisotopic (exact) mass is 409 g/mol. The van der Waals surface area contributed by atoms with E-state index in [9.17, 15) is 9.59 Å². The summed E-state index contributed by atoms with van der Waals surface area (Å²) in [6.45, 7) is 1.50. The second-order valence-electron chi connectivity index (χ2n) is 6.34. The van der Waals surface area contributed by atoms with E-state index in [4.69, 9.17) is 14.2 Å². The number of carbonyl (C=O) groups excluding carboxylic acids is 2. The van der Waals surface area contributed by atoms with Gasteiger partial charge in [0.25, 0.3) is 0 Å². The molecule has 2 aromatic rings. The molecule has 1 saturated heterocycles. The first kappa shape index (κ1) is 20.9. The van der Waals surface area contributed by atoms with E-state index in [0.717, 1.165) is 16.8 Å². The molecule has 1 aliphatic heterocycles. The fourth-order valence-electron chi connectivity index (χ4n) is 2.86. The van der Waals surface area contributed by atoms with Gasteiger partial charge in [-0.3, -0.25) is 4.90 Å². The Morgan fingerprint density at radius 2 is 1.87 bits per heavy atom. The van der Waals surface area contributed by atoms with Crippen molar-refractivity contribution in [3.05, 3.63) is 53.6 Å². The van der Waals surface area contributed by atoms with Gasteiger partial charge in [0.05, 0.1) is 27.3 Å². The van der Waals surface area contributed by atoms with Gasteiger partial charge in [0.15, 0.2) is 11.5 Å². The second kappa shape index (κ2) is 10.1. The highest BCUT2D eigenvalue weighted by Gasteiger charge is 2.23. The van der Waals surface area contributed by atoms with Crippen LogP contribution < -0.4 is 25.0 Å². The van der Waals surface area contributed by atoms with E-state index < -0.39 is 0 Å². The molecule has 8 heteroatoms. The van der Waals surface area contributed by atoms with Crippen LogP contribution in [-0.4, -0.2) is 46.0 Å². The molecule has 0 aliphatic carbocycles. The van der Waals surface area contributed by atoms with Crippen molar-refractivity contribution in [2.45, 2.75) is 6.54 Å². The van der Waals surface area contributed by atoms with Gasteiger partial charge in [0.1, 0.15) is 6.61 Å². The number of methoxy groups -OCH3 is 2. The van der Waals surface area contributed by atoms with Gasteiger partial charge >= 0.3 is 12.1 Å².